The molecule has 0 N–H and O–H groups in total. The molecule has 0 saturated heterocycles. The molecule has 0 aliphatic heterocycles. The van der Waals surface area contributed by atoms with Crippen LogP contribution in [0.5, 0.6) is 0 Å². The van der Waals surface area contributed by atoms with Crippen LogP contribution < -0.4 is 0 Å². The van der Waals surface area contributed by atoms with Gasteiger partial charge in [-0.2, -0.15) is 0 Å². The molecule has 3 nitrogen and oxygen atoms in total. The van der Waals surface area contributed by atoms with E-state index in [2.05, 4.69) is 176 Å². The number of aromatic nitrogens is 3. The van der Waals surface area contributed by atoms with Crippen LogP contribution in [0, 0.1) is 0 Å². The first kappa shape index (κ1) is 32.1. The highest BCUT2D eigenvalue weighted by molar-refractivity contribution is 7.27. The minimum Gasteiger partial charge on any atom is -0.208 e. The molecule has 58 heavy (non-hydrogen) atoms. The Morgan fingerprint density at radius 1 is 0.293 bits per heavy atom. The summed E-state index contributed by atoms with van der Waals surface area (Å²) in [4.78, 5) is 16.5. The van der Waals surface area contributed by atoms with E-state index in [1.54, 1.807) is 0 Å². The van der Waals surface area contributed by atoms with Gasteiger partial charge in [-0.25, -0.2) is 15.0 Å². The largest absolute Gasteiger partial charge is 0.208 e. The van der Waals surface area contributed by atoms with Gasteiger partial charge in [-0.1, -0.05) is 146 Å². The van der Waals surface area contributed by atoms with Crippen LogP contribution in [0.15, 0.2) is 176 Å². The van der Waals surface area contributed by atoms with Gasteiger partial charge in [0, 0.05) is 57.0 Å². The Labute approximate surface area is 340 Å². The number of hydrogen-bond acceptors (Lipinski definition) is 5. The van der Waals surface area contributed by atoms with E-state index in [1.165, 1.54) is 94.2 Å². The van der Waals surface area contributed by atoms with Gasteiger partial charge in [0.2, 0.25) is 0 Å². The normalized spacial score (nSPS) is 12.1. The Bertz CT molecular complexity index is 3670. The molecule has 0 spiro atoms. The van der Waals surface area contributed by atoms with Gasteiger partial charge in [-0.15, -0.1) is 22.7 Å². The summed E-state index contributed by atoms with van der Waals surface area (Å²) in [6.07, 6.45) is 0. The molecule has 3 aromatic heterocycles. The summed E-state index contributed by atoms with van der Waals surface area (Å²) in [5.74, 6) is 1.99. The van der Waals surface area contributed by atoms with Crippen molar-refractivity contribution in [2.45, 2.75) is 0 Å². The molecule has 0 radical (unpaired) electrons. The molecule has 0 atom stereocenters. The second kappa shape index (κ2) is 12.2. The van der Waals surface area contributed by atoms with Gasteiger partial charge in [0.05, 0.1) is 0 Å². The van der Waals surface area contributed by atoms with E-state index in [4.69, 9.17) is 15.0 Å². The lowest BCUT2D eigenvalue weighted by Crippen LogP contribution is -2.01. The van der Waals surface area contributed by atoms with Crippen molar-refractivity contribution in [2.75, 3.05) is 0 Å². The molecule has 13 rings (SSSR count). The lowest BCUT2D eigenvalue weighted by Gasteiger charge is -2.14. The van der Waals surface area contributed by atoms with Crippen LogP contribution >= 0.6 is 22.7 Å². The molecular formula is C53H29N3S2. The number of fused-ring (bicyclic) bond motifs is 16. The van der Waals surface area contributed by atoms with Crippen LogP contribution in [0.1, 0.15) is 0 Å². The minimum absolute atomic E-state index is 0.654. The lowest BCUT2D eigenvalue weighted by atomic mass is 9.93. The molecular weight excluding hydrogens is 743 g/mol. The molecule has 3 heterocycles. The zero-order chi connectivity index (χ0) is 37.9. The topological polar surface area (TPSA) is 38.7 Å². The van der Waals surface area contributed by atoms with Crippen LogP contribution in [0.2, 0.25) is 0 Å². The van der Waals surface area contributed by atoms with E-state index in [1.807, 2.05) is 22.7 Å². The van der Waals surface area contributed by atoms with Gasteiger partial charge in [0.25, 0.3) is 0 Å². The fourth-order valence-corrected chi connectivity index (χ4v) is 11.8. The first-order valence-corrected chi connectivity index (χ1v) is 21.1. The summed E-state index contributed by atoms with van der Waals surface area (Å²) in [6, 6.07) is 63.6. The van der Waals surface area contributed by atoms with Gasteiger partial charge in [0.1, 0.15) is 0 Å². The highest BCUT2D eigenvalue weighted by Crippen LogP contribution is 2.47. The quantitative estimate of drug-likeness (QED) is 0.168. The van der Waals surface area contributed by atoms with E-state index in [0.29, 0.717) is 17.5 Å². The fourth-order valence-electron chi connectivity index (χ4n) is 9.27. The number of nitrogens with zero attached hydrogens (tertiary/aromatic N) is 3. The maximum absolute atomic E-state index is 5.53. The van der Waals surface area contributed by atoms with E-state index >= 15 is 0 Å². The smallest absolute Gasteiger partial charge is 0.164 e. The average molecular weight is 772 g/mol. The minimum atomic E-state index is 0.654. The van der Waals surface area contributed by atoms with Crippen molar-refractivity contribution < 1.29 is 0 Å². The third-order valence-corrected chi connectivity index (χ3v) is 14.3. The summed E-state index contributed by atoms with van der Waals surface area (Å²) in [5.41, 5.74) is 2.98. The molecule has 268 valence electrons. The molecule has 0 fully saturated rings. The van der Waals surface area contributed by atoms with Crippen LogP contribution in [0.25, 0.3) is 128 Å². The predicted molar refractivity (Wildman–Crippen MR) is 249 cm³/mol. The average Bonchev–Trinajstić information content (AvgIpc) is 3.88. The van der Waals surface area contributed by atoms with Crippen molar-refractivity contribution in [2.24, 2.45) is 0 Å². The predicted octanol–water partition coefficient (Wildman–Crippen LogP) is 15.4. The second-order valence-corrected chi connectivity index (χ2v) is 17.2. The van der Waals surface area contributed by atoms with Crippen molar-refractivity contribution in [3.63, 3.8) is 0 Å². The number of benzene rings is 10. The standard InChI is InChI=1S/C53H29N3S2/c1-3-15-33-30(13-1)27-43(47-40-21-9-11-23-45(40)57-49(33)47)52-54-51(32-25-26-39-37-19-6-5-17-35(37)36-18-7-8-20-38(36)42(39)29-32)55-53(56-52)44-28-31-14-2-4-16-34(31)50-48(44)41-22-10-12-24-46(41)58-50/h1-29H. The van der Waals surface area contributed by atoms with Crippen molar-refractivity contribution in [1.29, 1.82) is 0 Å². The Morgan fingerprint density at radius 2 is 0.672 bits per heavy atom. The summed E-state index contributed by atoms with van der Waals surface area (Å²) >= 11 is 3.68. The SMILES string of the molecule is c1ccc2c(c1)cc(-c1nc(-c3ccc4c5ccccc5c5ccccc5c4c3)nc(-c3cc4ccccc4c4sc5ccccc5c34)n1)c1c3ccccc3sc21. The molecule has 0 unspecified atom stereocenters. The molecule has 10 aromatic carbocycles. The molecule has 0 amide bonds. The summed E-state index contributed by atoms with van der Waals surface area (Å²) < 4.78 is 5.00. The molecule has 0 bridgehead atoms. The summed E-state index contributed by atoms with van der Waals surface area (Å²) in [7, 11) is 0. The van der Waals surface area contributed by atoms with Crippen LogP contribution in [-0.2, 0) is 0 Å². The number of hydrogen-bond donors (Lipinski definition) is 0. The second-order valence-electron chi connectivity index (χ2n) is 15.1. The first-order valence-electron chi connectivity index (χ1n) is 19.5. The van der Waals surface area contributed by atoms with Crippen LogP contribution in [0.4, 0.5) is 0 Å². The zero-order valence-electron chi connectivity index (χ0n) is 30.9. The number of rotatable bonds is 3. The molecule has 13 aromatic rings. The lowest BCUT2D eigenvalue weighted by molar-refractivity contribution is 1.08. The molecule has 0 aliphatic carbocycles. The van der Waals surface area contributed by atoms with Crippen molar-refractivity contribution in [3.05, 3.63) is 176 Å². The van der Waals surface area contributed by atoms with E-state index in [9.17, 15) is 0 Å². The van der Waals surface area contributed by atoms with Crippen molar-refractivity contribution in [3.8, 4) is 34.2 Å². The van der Waals surface area contributed by atoms with E-state index in [-0.39, 0.29) is 0 Å². The fraction of sp³-hybridized carbons (Fsp3) is 0. The van der Waals surface area contributed by atoms with Crippen LogP contribution in [-0.4, -0.2) is 15.0 Å². The Balaban J connectivity index is 1.17. The van der Waals surface area contributed by atoms with Gasteiger partial charge < -0.3 is 0 Å². The van der Waals surface area contributed by atoms with Crippen molar-refractivity contribution >= 4 is 117 Å². The summed E-state index contributed by atoms with van der Waals surface area (Å²) in [6.45, 7) is 0. The highest BCUT2D eigenvalue weighted by atomic mass is 32.1. The van der Waals surface area contributed by atoms with Crippen LogP contribution in [0.3, 0.4) is 0 Å². The maximum Gasteiger partial charge on any atom is 0.164 e. The molecule has 0 aliphatic rings. The highest BCUT2D eigenvalue weighted by Gasteiger charge is 2.22. The van der Waals surface area contributed by atoms with Gasteiger partial charge >= 0.3 is 0 Å². The van der Waals surface area contributed by atoms with E-state index in [0.717, 1.165) is 16.7 Å². The third-order valence-electron chi connectivity index (χ3n) is 11.9. The van der Waals surface area contributed by atoms with Gasteiger partial charge in [-0.05, 0) is 84.2 Å². The zero-order valence-corrected chi connectivity index (χ0v) is 32.5. The summed E-state index contributed by atoms with van der Waals surface area (Å²) in [5, 5.41) is 17.0. The monoisotopic (exact) mass is 771 g/mol. The third kappa shape index (κ3) is 4.63. The molecule has 5 heteroatoms. The van der Waals surface area contributed by atoms with Gasteiger partial charge in [0.15, 0.2) is 17.5 Å². The maximum atomic E-state index is 5.53. The molecule has 0 saturated carbocycles. The first-order chi connectivity index (χ1) is 28.7. The Hall–Kier alpha value is -7.05. The Morgan fingerprint density at radius 3 is 1.17 bits per heavy atom. The number of thiophene rings is 2. The van der Waals surface area contributed by atoms with Gasteiger partial charge in [-0.3, -0.25) is 0 Å². The van der Waals surface area contributed by atoms with Crippen molar-refractivity contribution in [1.82, 2.24) is 15.0 Å². The van der Waals surface area contributed by atoms with E-state index < -0.39 is 0 Å². The Kier molecular flexibility index (Phi) is 6.76.